The molecule has 1 aromatic heterocycles. The first-order chi connectivity index (χ1) is 20.1. The number of anilines is 3. The van der Waals surface area contributed by atoms with Crippen LogP contribution in [0.25, 0.3) is 11.3 Å². The number of morpholine rings is 1. The van der Waals surface area contributed by atoms with Gasteiger partial charge in [0.25, 0.3) is 17.4 Å². The number of nitrogens with zero attached hydrogens (tertiary/aromatic N) is 3. The molecule has 42 heavy (non-hydrogen) atoms. The van der Waals surface area contributed by atoms with Crippen molar-refractivity contribution in [1.82, 2.24) is 14.9 Å². The second kappa shape index (κ2) is 12.0. The van der Waals surface area contributed by atoms with Gasteiger partial charge in [0.2, 0.25) is 0 Å². The highest BCUT2D eigenvalue weighted by atomic mass is 19.1. The van der Waals surface area contributed by atoms with E-state index in [1.807, 2.05) is 26.8 Å². The fraction of sp³-hybridized carbons (Fsp3) is 0.250. The van der Waals surface area contributed by atoms with Gasteiger partial charge < -0.3 is 24.8 Å². The summed E-state index contributed by atoms with van der Waals surface area (Å²) in [5.41, 5.74) is 0.632. The standard InChI is InChI=1S/C32H32FN5O4/c1-32(2,3)38(31(41)21-8-5-4-6-9-21)26-11-7-10-24(27(26)33)25-20-34-29(39)28(36-25)35-23-14-12-22(13-15-23)30(40)37-16-18-42-19-17-37/h4-15,20H,16-19H2,1-3H3,(H,34,39)(H,35,36). The van der Waals surface area contributed by atoms with Crippen LogP contribution in [0.2, 0.25) is 0 Å². The predicted molar refractivity (Wildman–Crippen MR) is 160 cm³/mol. The highest BCUT2D eigenvalue weighted by Gasteiger charge is 2.32. The molecule has 0 aliphatic carbocycles. The zero-order valence-corrected chi connectivity index (χ0v) is 23.7. The van der Waals surface area contributed by atoms with E-state index in [-0.39, 0.29) is 34.6 Å². The molecule has 0 spiro atoms. The number of hydrogen-bond donors (Lipinski definition) is 2. The van der Waals surface area contributed by atoms with Gasteiger partial charge in [0, 0.05) is 47.2 Å². The maximum absolute atomic E-state index is 16.2. The van der Waals surface area contributed by atoms with E-state index in [9.17, 15) is 14.4 Å². The maximum Gasteiger partial charge on any atom is 0.291 e. The molecule has 216 valence electrons. The third kappa shape index (κ3) is 6.08. The number of benzene rings is 3. The summed E-state index contributed by atoms with van der Waals surface area (Å²) in [6.07, 6.45) is 1.33. The van der Waals surface area contributed by atoms with E-state index in [1.54, 1.807) is 71.6 Å². The monoisotopic (exact) mass is 569 g/mol. The van der Waals surface area contributed by atoms with Crippen molar-refractivity contribution in [3.63, 3.8) is 0 Å². The molecule has 9 nitrogen and oxygen atoms in total. The number of carbonyl (C=O) groups is 2. The Labute approximate surface area is 243 Å². The number of hydrogen-bond acceptors (Lipinski definition) is 6. The second-order valence-corrected chi connectivity index (χ2v) is 10.9. The van der Waals surface area contributed by atoms with E-state index in [0.717, 1.165) is 0 Å². The van der Waals surface area contributed by atoms with Crippen LogP contribution in [0.5, 0.6) is 0 Å². The molecule has 2 amide bonds. The Morgan fingerprint density at radius 3 is 2.31 bits per heavy atom. The van der Waals surface area contributed by atoms with Crippen LogP contribution in [0.15, 0.2) is 83.8 Å². The minimum atomic E-state index is -0.743. The van der Waals surface area contributed by atoms with E-state index >= 15 is 4.39 Å². The molecule has 1 fully saturated rings. The lowest BCUT2D eigenvalue weighted by molar-refractivity contribution is 0.0303. The summed E-state index contributed by atoms with van der Waals surface area (Å²) in [5.74, 6) is -1.12. The van der Waals surface area contributed by atoms with Gasteiger partial charge in [-0.2, -0.15) is 0 Å². The molecule has 4 aromatic rings. The molecule has 0 unspecified atom stereocenters. The van der Waals surface area contributed by atoms with Crippen LogP contribution in [0.1, 0.15) is 41.5 Å². The molecule has 2 heterocycles. The van der Waals surface area contributed by atoms with Gasteiger partial charge in [0.05, 0.1) is 24.6 Å². The molecule has 1 aliphatic heterocycles. The van der Waals surface area contributed by atoms with Crippen LogP contribution < -0.4 is 15.8 Å². The molecular formula is C32H32FN5O4. The van der Waals surface area contributed by atoms with Crippen molar-refractivity contribution in [2.45, 2.75) is 26.3 Å². The summed E-state index contributed by atoms with van der Waals surface area (Å²) in [7, 11) is 0. The molecule has 1 saturated heterocycles. The SMILES string of the molecule is CC(C)(C)N(C(=O)c1ccccc1)c1cccc(-c2c[nH]c(=O)c(Nc3ccc(C(=O)N4CCOCC4)cc3)n2)c1F. The summed E-state index contributed by atoms with van der Waals surface area (Å²) in [6, 6.07) is 20.2. The minimum absolute atomic E-state index is 0.0439. The Kier molecular flexibility index (Phi) is 8.17. The first-order valence-corrected chi connectivity index (χ1v) is 13.7. The smallest absolute Gasteiger partial charge is 0.291 e. The van der Waals surface area contributed by atoms with Crippen LogP contribution in [0, 0.1) is 5.82 Å². The number of halogens is 1. The number of rotatable bonds is 6. The van der Waals surface area contributed by atoms with Gasteiger partial charge in [-0.1, -0.05) is 24.3 Å². The van der Waals surface area contributed by atoms with Gasteiger partial charge in [-0.15, -0.1) is 0 Å². The Hall–Kier alpha value is -4.83. The van der Waals surface area contributed by atoms with Gasteiger partial charge in [-0.05, 0) is 69.3 Å². The maximum atomic E-state index is 16.2. The lowest BCUT2D eigenvalue weighted by atomic mass is 10.0. The Morgan fingerprint density at radius 2 is 1.64 bits per heavy atom. The molecule has 5 rings (SSSR count). The average Bonchev–Trinajstić information content (AvgIpc) is 2.99. The molecule has 10 heteroatoms. The van der Waals surface area contributed by atoms with Crippen LogP contribution in [0.3, 0.4) is 0 Å². The second-order valence-electron chi connectivity index (χ2n) is 10.9. The molecule has 0 atom stereocenters. The first-order valence-electron chi connectivity index (χ1n) is 13.7. The van der Waals surface area contributed by atoms with E-state index in [0.29, 0.717) is 43.1 Å². The van der Waals surface area contributed by atoms with Crippen molar-refractivity contribution in [3.8, 4) is 11.3 Å². The molecule has 0 bridgehead atoms. The average molecular weight is 570 g/mol. The van der Waals surface area contributed by atoms with Gasteiger partial charge in [0.1, 0.15) is 0 Å². The first kappa shape index (κ1) is 28.7. The number of aromatic nitrogens is 2. The summed E-state index contributed by atoms with van der Waals surface area (Å²) in [6.45, 7) is 7.60. The van der Waals surface area contributed by atoms with Crippen molar-refractivity contribution in [2.75, 3.05) is 36.5 Å². The van der Waals surface area contributed by atoms with Crippen LogP contribution in [-0.4, -0.2) is 58.5 Å². The fourth-order valence-electron chi connectivity index (χ4n) is 4.79. The lowest BCUT2D eigenvalue weighted by Gasteiger charge is -2.36. The van der Waals surface area contributed by atoms with Gasteiger partial charge in [-0.25, -0.2) is 9.37 Å². The third-order valence-electron chi connectivity index (χ3n) is 6.87. The van der Waals surface area contributed by atoms with Crippen LogP contribution in [-0.2, 0) is 4.74 Å². The number of ether oxygens (including phenoxy) is 1. The number of nitrogens with one attached hydrogen (secondary N) is 2. The molecule has 2 N–H and O–H groups in total. The van der Waals surface area contributed by atoms with E-state index in [4.69, 9.17) is 4.74 Å². The minimum Gasteiger partial charge on any atom is -0.378 e. The Bertz CT molecular complexity index is 1640. The molecule has 3 aromatic carbocycles. The summed E-state index contributed by atoms with van der Waals surface area (Å²) >= 11 is 0. The summed E-state index contributed by atoms with van der Waals surface area (Å²) < 4.78 is 21.5. The van der Waals surface area contributed by atoms with Crippen molar-refractivity contribution >= 4 is 29.0 Å². The highest BCUT2D eigenvalue weighted by Crippen LogP contribution is 2.34. The highest BCUT2D eigenvalue weighted by molar-refractivity contribution is 6.07. The number of aromatic amines is 1. The van der Waals surface area contributed by atoms with Crippen LogP contribution >= 0.6 is 0 Å². The number of amides is 2. The van der Waals surface area contributed by atoms with Gasteiger partial charge >= 0.3 is 0 Å². The zero-order chi connectivity index (χ0) is 29.9. The fourth-order valence-corrected chi connectivity index (χ4v) is 4.79. The predicted octanol–water partition coefficient (Wildman–Crippen LogP) is 5.24. The van der Waals surface area contributed by atoms with E-state index in [2.05, 4.69) is 15.3 Å². The summed E-state index contributed by atoms with van der Waals surface area (Å²) in [5, 5.41) is 2.96. The lowest BCUT2D eigenvalue weighted by Crippen LogP contribution is -2.46. The number of carbonyl (C=O) groups excluding carboxylic acids is 2. The third-order valence-corrected chi connectivity index (χ3v) is 6.87. The zero-order valence-electron chi connectivity index (χ0n) is 23.7. The number of H-pyrrole nitrogens is 1. The van der Waals surface area contributed by atoms with Gasteiger partial charge in [0.15, 0.2) is 11.6 Å². The van der Waals surface area contributed by atoms with Gasteiger partial charge in [-0.3, -0.25) is 14.4 Å². The van der Waals surface area contributed by atoms with E-state index < -0.39 is 16.9 Å². The van der Waals surface area contributed by atoms with Crippen molar-refractivity contribution < 1.29 is 18.7 Å². The molecule has 0 saturated carbocycles. The topological polar surface area (TPSA) is 108 Å². The normalized spacial score (nSPS) is 13.5. The van der Waals surface area contributed by atoms with Crippen molar-refractivity contribution in [2.24, 2.45) is 0 Å². The molecule has 0 radical (unpaired) electrons. The van der Waals surface area contributed by atoms with Crippen LogP contribution in [0.4, 0.5) is 21.6 Å². The van der Waals surface area contributed by atoms with Crippen molar-refractivity contribution in [3.05, 3.63) is 106 Å². The van der Waals surface area contributed by atoms with E-state index in [1.165, 1.54) is 11.1 Å². The molecule has 1 aliphatic rings. The quantitative estimate of drug-likeness (QED) is 0.329. The largest absolute Gasteiger partial charge is 0.378 e. The van der Waals surface area contributed by atoms with Crippen molar-refractivity contribution in [1.29, 1.82) is 0 Å². The Balaban J connectivity index is 1.43. The Morgan fingerprint density at radius 1 is 0.952 bits per heavy atom. The molecular weight excluding hydrogens is 537 g/mol. The summed E-state index contributed by atoms with van der Waals surface area (Å²) in [4.78, 5) is 49.1.